The third-order valence-corrected chi connectivity index (χ3v) is 4.39. The number of pyridine rings is 1. The van der Waals surface area contributed by atoms with Crippen LogP contribution in [-0.4, -0.2) is 36.4 Å². The topological polar surface area (TPSA) is 131 Å². The Balaban J connectivity index is 1.77. The van der Waals surface area contributed by atoms with Gasteiger partial charge in [0, 0.05) is 23.2 Å². The minimum Gasteiger partial charge on any atom is -0.382 e. The van der Waals surface area contributed by atoms with Crippen LogP contribution in [0, 0.1) is 5.82 Å². The first-order chi connectivity index (χ1) is 13.9. The highest BCUT2D eigenvalue weighted by Gasteiger charge is 2.21. The molecule has 0 fully saturated rings. The molecule has 1 unspecified atom stereocenters. The first kappa shape index (κ1) is 18.4. The van der Waals surface area contributed by atoms with Gasteiger partial charge in [-0.2, -0.15) is 10.2 Å². The number of primary amides is 1. The Bertz CT molecular complexity index is 1270. The molecule has 1 atom stereocenters. The van der Waals surface area contributed by atoms with Crippen LogP contribution in [0.4, 0.5) is 9.18 Å². The number of carbonyl (C=O) groups excluding carboxylic acids is 1. The molecule has 3 heterocycles. The second-order valence-corrected chi connectivity index (χ2v) is 6.32. The number of aromatic nitrogens is 4. The van der Waals surface area contributed by atoms with Crippen molar-refractivity contribution in [1.82, 2.24) is 25.0 Å². The summed E-state index contributed by atoms with van der Waals surface area (Å²) in [4.78, 5) is 19.1. The minimum atomic E-state index is -1.31. The Kier molecular flexibility index (Phi) is 4.61. The van der Waals surface area contributed by atoms with E-state index in [0.29, 0.717) is 28.0 Å². The fourth-order valence-corrected chi connectivity index (χ4v) is 2.95. The molecule has 4 aromatic rings. The molecular weight excluding hydrogens is 377 g/mol. The van der Waals surface area contributed by atoms with Gasteiger partial charge in [0.1, 0.15) is 17.6 Å². The molecule has 2 amide bonds. The predicted octanol–water partition coefficient (Wildman–Crippen LogP) is 1.89. The fourth-order valence-electron chi connectivity index (χ4n) is 2.95. The number of hydrazone groups is 1. The number of fused-ring (bicyclic) bond motifs is 2. The lowest BCUT2D eigenvalue weighted by Gasteiger charge is -2.13. The van der Waals surface area contributed by atoms with Crippen molar-refractivity contribution in [3.05, 3.63) is 71.6 Å². The number of halogens is 1. The van der Waals surface area contributed by atoms with Crippen LogP contribution in [0.25, 0.3) is 16.6 Å². The van der Waals surface area contributed by atoms with Crippen molar-refractivity contribution in [3.8, 4) is 0 Å². The lowest BCUT2D eigenvalue weighted by atomic mass is 10.0. The predicted molar refractivity (Wildman–Crippen MR) is 104 cm³/mol. The van der Waals surface area contributed by atoms with Crippen LogP contribution in [0.2, 0.25) is 0 Å². The average Bonchev–Trinajstić information content (AvgIpc) is 3.14. The second kappa shape index (κ2) is 7.24. The summed E-state index contributed by atoms with van der Waals surface area (Å²) < 4.78 is 16.0. The van der Waals surface area contributed by atoms with Crippen LogP contribution in [0.15, 0.2) is 53.9 Å². The van der Waals surface area contributed by atoms with Crippen LogP contribution in [0.5, 0.6) is 0 Å². The molecule has 4 N–H and O–H groups in total. The number of nitrogens with zero attached hydrogens (tertiary/aromatic N) is 5. The maximum absolute atomic E-state index is 14.6. The molecule has 0 radical (unpaired) electrons. The van der Waals surface area contributed by atoms with Crippen molar-refractivity contribution in [2.45, 2.75) is 13.0 Å². The number of amides is 2. The molecular formula is C19H16FN7O2. The van der Waals surface area contributed by atoms with E-state index in [-0.39, 0.29) is 11.3 Å². The van der Waals surface area contributed by atoms with Gasteiger partial charge in [0.15, 0.2) is 5.65 Å². The highest BCUT2D eigenvalue weighted by molar-refractivity contribution is 5.97. The first-order valence-corrected chi connectivity index (χ1v) is 8.61. The van der Waals surface area contributed by atoms with E-state index in [4.69, 9.17) is 5.73 Å². The summed E-state index contributed by atoms with van der Waals surface area (Å²) in [6.07, 6.45) is 1.70. The van der Waals surface area contributed by atoms with Crippen LogP contribution in [-0.2, 0) is 0 Å². The van der Waals surface area contributed by atoms with Crippen LogP contribution in [0.1, 0.15) is 30.0 Å². The second-order valence-electron chi connectivity index (χ2n) is 6.32. The van der Waals surface area contributed by atoms with Crippen LogP contribution in [0.3, 0.4) is 0 Å². The Morgan fingerprint density at radius 1 is 1.31 bits per heavy atom. The van der Waals surface area contributed by atoms with Gasteiger partial charge in [-0.15, -0.1) is 0 Å². The number of nitrogens with two attached hydrogens (primary N) is 1. The molecule has 3 aromatic heterocycles. The number of benzene rings is 1. The lowest BCUT2D eigenvalue weighted by molar-refractivity contribution is 0.208. The average molecular weight is 393 g/mol. The normalized spacial score (nSPS) is 13.0. The van der Waals surface area contributed by atoms with Gasteiger partial charge in [-0.25, -0.2) is 24.1 Å². The van der Waals surface area contributed by atoms with Crippen molar-refractivity contribution in [1.29, 1.82) is 0 Å². The molecule has 1 aromatic carbocycles. The molecule has 146 valence electrons. The number of urea groups is 1. The van der Waals surface area contributed by atoms with Gasteiger partial charge >= 0.3 is 6.03 Å². The van der Waals surface area contributed by atoms with E-state index in [0.717, 1.165) is 0 Å². The molecule has 0 aliphatic rings. The summed E-state index contributed by atoms with van der Waals surface area (Å²) in [5, 5.41) is 19.8. The van der Waals surface area contributed by atoms with Crippen molar-refractivity contribution >= 4 is 28.3 Å². The van der Waals surface area contributed by atoms with E-state index in [1.165, 1.54) is 16.8 Å². The number of aliphatic hydroxyl groups is 1. The van der Waals surface area contributed by atoms with E-state index in [2.05, 4.69) is 25.6 Å². The highest BCUT2D eigenvalue weighted by Crippen LogP contribution is 2.28. The van der Waals surface area contributed by atoms with Crippen molar-refractivity contribution < 1.29 is 14.3 Å². The first-order valence-electron chi connectivity index (χ1n) is 8.61. The molecule has 29 heavy (non-hydrogen) atoms. The zero-order valence-electron chi connectivity index (χ0n) is 15.2. The summed E-state index contributed by atoms with van der Waals surface area (Å²) in [5.74, 6) is -0.585. The van der Waals surface area contributed by atoms with Crippen LogP contribution < -0.4 is 11.2 Å². The molecule has 9 nitrogen and oxygen atoms in total. The minimum absolute atomic E-state index is 0.0836. The van der Waals surface area contributed by atoms with Gasteiger partial charge in [-0.3, -0.25) is 4.98 Å². The van der Waals surface area contributed by atoms with Crippen LogP contribution >= 0.6 is 0 Å². The van der Waals surface area contributed by atoms with E-state index in [1.54, 1.807) is 43.5 Å². The maximum Gasteiger partial charge on any atom is 0.332 e. The molecule has 10 heteroatoms. The largest absolute Gasteiger partial charge is 0.382 e. The molecule has 0 saturated carbocycles. The molecule has 0 aliphatic carbocycles. The number of imidazole rings is 1. The van der Waals surface area contributed by atoms with Crippen molar-refractivity contribution in [3.63, 3.8) is 0 Å². The van der Waals surface area contributed by atoms with E-state index >= 15 is 0 Å². The standard InChI is InChI=1S/C19H16FN7O2/c1-10(24-25-19(21)29)14-4-5-17-23-9-16(27(17)26-14)18(28)12-7-11-3-2-6-22-15(11)8-13(12)20/h2-9,18,28H,1H3,(H3,21,25,29)/b24-10-. The summed E-state index contributed by atoms with van der Waals surface area (Å²) >= 11 is 0. The Labute approximate surface area is 163 Å². The Morgan fingerprint density at radius 2 is 2.14 bits per heavy atom. The Hall–Kier alpha value is -3.92. The summed E-state index contributed by atoms with van der Waals surface area (Å²) in [7, 11) is 0. The molecule has 0 bridgehead atoms. The van der Waals surface area contributed by atoms with Gasteiger partial charge in [0.2, 0.25) is 0 Å². The van der Waals surface area contributed by atoms with E-state index < -0.39 is 18.0 Å². The van der Waals surface area contributed by atoms with E-state index in [1.807, 2.05) is 0 Å². The number of hydrogen-bond donors (Lipinski definition) is 3. The third kappa shape index (κ3) is 3.48. The number of aliphatic hydroxyl groups excluding tert-OH is 1. The van der Waals surface area contributed by atoms with Gasteiger partial charge < -0.3 is 10.8 Å². The van der Waals surface area contributed by atoms with Gasteiger partial charge in [0.05, 0.1) is 23.1 Å². The summed E-state index contributed by atoms with van der Waals surface area (Å²) in [5.41, 5.74) is 9.26. The maximum atomic E-state index is 14.6. The number of hydrogen-bond acceptors (Lipinski definition) is 6. The highest BCUT2D eigenvalue weighted by atomic mass is 19.1. The number of nitrogens with one attached hydrogen (secondary N) is 1. The molecule has 0 spiro atoms. The van der Waals surface area contributed by atoms with Gasteiger partial charge in [-0.05, 0) is 31.2 Å². The molecule has 0 saturated heterocycles. The van der Waals surface area contributed by atoms with Crippen molar-refractivity contribution in [2.75, 3.05) is 0 Å². The summed E-state index contributed by atoms with van der Waals surface area (Å²) in [6, 6.07) is 8.88. The lowest BCUT2D eigenvalue weighted by Crippen LogP contribution is -2.25. The molecule has 4 rings (SSSR count). The fraction of sp³-hybridized carbons (Fsp3) is 0.105. The van der Waals surface area contributed by atoms with Gasteiger partial charge in [0.25, 0.3) is 0 Å². The number of rotatable bonds is 4. The van der Waals surface area contributed by atoms with Crippen molar-refractivity contribution in [2.24, 2.45) is 10.8 Å². The quantitative estimate of drug-likeness (QED) is 0.360. The SMILES string of the molecule is C/C(=N/NC(N)=O)c1ccc2ncc(C(O)c3cc4cccnc4cc3F)n2n1. The zero-order valence-corrected chi connectivity index (χ0v) is 15.2. The van der Waals surface area contributed by atoms with Gasteiger partial charge in [-0.1, -0.05) is 6.07 Å². The third-order valence-electron chi connectivity index (χ3n) is 4.39. The zero-order chi connectivity index (χ0) is 20.5. The molecule has 0 aliphatic heterocycles. The van der Waals surface area contributed by atoms with E-state index in [9.17, 15) is 14.3 Å². The number of carbonyl (C=O) groups is 1. The monoisotopic (exact) mass is 393 g/mol. The smallest absolute Gasteiger partial charge is 0.332 e. The summed E-state index contributed by atoms with van der Waals surface area (Å²) in [6.45, 7) is 1.63. The Morgan fingerprint density at radius 3 is 2.93 bits per heavy atom.